The van der Waals surface area contributed by atoms with Gasteiger partial charge in [0.25, 0.3) is 10.2 Å². The summed E-state index contributed by atoms with van der Waals surface area (Å²) in [5, 5.41) is 4.80. The molecule has 0 aliphatic carbocycles. The molecule has 1 aromatic carbocycles. The highest BCUT2D eigenvalue weighted by molar-refractivity contribution is 9.10. The Morgan fingerprint density at radius 1 is 1.50 bits per heavy atom. The number of anilines is 1. The van der Waals surface area contributed by atoms with E-state index in [9.17, 15) is 8.42 Å². The minimum atomic E-state index is -3.73. The molecule has 0 saturated heterocycles. The number of halogens is 1. The van der Waals surface area contributed by atoms with Gasteiger partial charge in [0, 0.05) is 0 Å². The van der Waals surface area contributed by atoms with Crippen LogP contribution in [-0.4, -0.2) is 15.5 Å². The van der Waals surface area contributed by atoms with Gasteiger partial charge in [-0.1, -0.05) is 0 Å². The normalized spacial score (nSPS) is 11.1. The number of hydrogen-bond acceptors (Lipinski definition) is 3. The van der Waals surface area contributed by atoms with Crippen LogP contribution < -0.4 is 14.6 Å². The first-order valence-electron chi connectivity index (χ1n) is 3.56. The van der Waals surface area contributed by atoms with Crippen molar-refractivity contribution >= 4 is 31.8 Å². The van der Waals surface area contributed by atoms with Crippen LogP contribution in [0, 0.1) is 0 Å². The summed E-state index contributed by atoms with van der Waals surface area (Å²) < 4.78 is 29.1. The lowest BCUT2D eigenvalue weighted by atomic mass is 10.3. The van der Waals surface area contributed by atoms with Crippen LogP contribution >= 0.6 is 15.9 Å². The molecule has 78 valence electrons. The Morgan fingerprint density at radius 2 is 2.14 bits per heavy atom. The van der Waals surface area contributed by atoms with Gasteiger partial charge in [-0.25, -0.2) is 5.14 Å². The Balaban J connectivity index is 2.98. The molecule has 0 unspecified atom stereocenters. The van der Waals surface area contributed by atoms with E-state index in [4.69, 9.17) is 9.88 Å². The van der Waals surface area contributed by atoms with E-state index in [1.54, 1.807) is 18.2 Å². The fourth-order valence-electron chi connectivity index (χ4n) is 0.894. The van der Waals surface area contributed by atoms with Gasteiger partial charge in [0.05, 0.1) is 17.3 Å². The van der Waals surface area contributed by atoms with Gasteiger partial charge in [-0.3, -0.25) is 4.72 Å². The Morgan fingerprint density at radius 3 is 2.57 bits per heavy atom. The van der Waals surface area contributed by atoms with E-state index in [0.717, 1.165) is 0 Å². The van der Waals surface area contributed by atoms with Crippen LogP contribution in [0.15, 0.2) is 22.7 Å². The molecule has 0 heterocycles. The highest BCUT2D eigenvalue weighted by atomic mass is 79.9. The lowest BCUT2D eigenvalue weighted by Crippen LogP contribution is -2.21. The molecule has 1 rings (SSSR count). The predicted octanol–water partition coefficient (Wildman–Crippen LogP) is 1.07. The lowest BCUT2D eigenvalue weighted by molar-refractivity contribution is 0.412. The maximum atomic E-state index is 10.7. The van der Waals surface area contributed by atoms with Gasteiger partial charge in [-0.15, -0.1) is 0 Å². The van der Waals surface area contributed by atoms with E-state index in [0.29, 0.717) is 15.9 Å². The third-order valence-corrected chi connectivity index (χ3v) is 2.55. The molecule has 0 saturated carbocycles. The molecule has 0 aromatic heterocycles. The van der Waals surface area contributed by atoms with Crippen molar-refractivity contribution in [3.63, 3.8) is 0 Å². The molecule has 0 fully saturated rings. The second kappa shape index (κ2) is 4.16. The number of benzene rings is 1. The van der Waals surface area contributed by atoms with Crippen molar-refractivity contribution in [3.05, 3.63) is 22.7 Å². The maximum absolute atomic E-state index is 10.7. The molecule has 0 amide bonds. The van der Waals surface area contributed by atoms with Gasteiger partial charge in [-0.2, -0.15) is 8.42 Å². The molecule has 0 aliphatic heterocycles. The summed E-state index contributed by atoms with van der Waals surface area (Å²) in [5.74, 6) is 0.616. The van der Waals surface area contributed by atoms with Crippen LogP contribution in [0.5, 0.6) is 5.75 Å². The van der Waals surface area contributed by atoms with Crippen molar-refractivity contribution in [3.8, 4) is 5.75 Å². The van der Waals surface area contributed by atoms with E-state index >= 15 is 0 Å². The summed E-state index contributed by atoms with van der Waals surface area (Å²) in [4.78, 5) is 0. The predicted molar refractivity (Wildman–Crippen MR) is 57.4 cm³/mol. The Hall–Kier alpha value is -0.790. The van der Waals surface area contributed by atoms with Crippen LogP contribution in [-0.2, 0) is 10.2 Å². The first-order valence-corrected chi connectivity index (χ1v) is 5.90. The van der Waals surface area contributed by atoms with Crippen molar-refractivity contribution < 1.29 is 13.2 Å². The number of rotatable bonds is 3. The van der Waals surface area contributed by atoms with Crippen LogP contribution in [0.1, 0.15) is 0 Å². The van der Waals surface area contributed by atoms with Gasteiger partial charge in [0.15, 0.2) is 0 Å². The highest BCUT2D eigenvalue weighted by Gasteiger charge is 2.05. The number of ether oxygens (including phenoxy) is 1. The van der Waals surface area contributed by atoms with Crippen LogP contribution in [0.3, 0.4) is 0 Å². The quantitative estimate of drug-likeness (QED) is 0.869. The average molecular weight is 281 g/mol. The number of methoxy groups -OCH3 is 1. The van der Waals surface area contributed by atoms with Crippen LogP contribution in [0.2, 0.25) is 0 Å². The summed E-state index contributed by atoms with van der Waals surface area (Å²) in [7, 11) is -2.20. The molecule has 7 heteroatoms. The second-order valence-corrected chi connectivity index (χ2v) is 4.64. The third-order valence-electron chi connectivity index (χ3n) is 1.41. The average Bonchev–Trinajstić information content (AvgIpc) is 2.01. The molecule has 3 N–H and O–H groups in total. The van der Waals surface area contributed by atoms with Gasteiger partial charge < -0.3 is 4.74 Å². The van der Waals surface area contributed by atoms with Crippen molar-refractivity contribution in [1.82, 2.24) is 0 Å². The number of nitrogens with two attached hydrogens (primary N) is 1. The molecule has 0 atom stereocenters. The van der Waals surface area contributed by atoms with Crippen LogP contribution in [0.25, 0.3) is 0 Å². The first-order chi connectivity index (χ1) is 6.42. The third kappa shape index (κ3) is 3.17. The molecule has 0 spiro atoms. The molecule has 0 aliphatic rings. The minimum absolute atomic E-state index is 0.375. The molecule has 1 aromatic rings. The molecule has 0 bridgehead atoms. The SMILES string of the molecule is COc1ccc(NS(N)(=O)=O)cc1Br. The standard InChI is InChI=1S/C7H9BrN2O3S/c1-13-7-3-2-5(4-6(7)8)10-14(9,11)12/h2-4,10H,1H3,(H2,9,11,12). The summed E-state index contributed by atoms with van der Waals surface area (Å²) in [5.41, 5.74) is 0.375. The van der Waals surface area contributed by atoms with E-state index in [1.165, 1.54) is 7.11 Å². The van der Waals surface area contributed by atoms with Gasteiger partial charge in [0.2, 0.25) is 0 Å². The summed E-state index contributed by atoms with van der Waals surface area (Å²) in [6, 6.07) is 4.73. The monoisotopic (exact) mass is 280 g/mol. The zero-order chi connectivity index (χ0) is 10.8. The van der Waals surface area contributed by atoms with Crippen molar-refractivity contribution in [2.24, 2.45) is 5.14 Å². The van der Waals surface area contributed by atoms with Crippen molar-refractivity contribution in [2.75, 3.05) is 11.8 Å². The Bertz CT molecular complexity index is 433. The Labute approximate surface area is 90.6 Å². The molecular weight excluding hydrogens is 272 g/mol. The molecule has 14 heavy (non-hydrogen) atoms. The van der Waals surface area contributed by atoms with Gasteiger partial charge >= 0.3 is 0 Å². The van der Waals surface area contributed by atoms with E-state index in [2.05, 4.69) is 20.7 Å². The molecular formula is C7H9BrN2O3S. The summed E-state index contributed by atoms with van der Waals surface area (Å²) >= 11 is 3.21. The Kier molecular flexibility index (Phi) is 3.35. The second-order valence-electron chi connectivity index (χ2n) is 2.50. The fraction of sp³-hybridized carbons (Fsp3) is 0.143. The van der Waals surface area contributed by atoms with E-state index in [-0.39, 0.29) is 0 Å². The van der Waals surface area contributed by atoms with Gasteiger partial charge in [-0.05, 0) is 34.1 Å². The first kappa shape index (κ1) is 11.3. The van der Waals surface area contributed by atoms with Crippen molar-refractivity contribution in [2.45, 2.75) is 0 Å². The summed E-state index contributed by atoms with van der Waals surface area (Å²) in [6.07, 6.45) is 0. The minimum Gasteiger partial charge on any atom is -0.496 e. The molecule has 5 nitrogen and oxygen atoms in total. The largest absolute Gasteiger partial charge is 0.496 e. The number of hydrogen-bond donors (Lipinski definition) is 2. The number of nitrogens with one attached hydrogen (secondary N) is 1. The molecule has 0 radical (unpaired) electrons. The van der Waals surface area contributed by atoms with Crippen molar-refractivity contribution in [1.29, 1.82) is 0 Å². The van der Waals surface area contributed by atoms with E-state index < -0.39 is 10.2 Å². The highest BCUT2D eigenvalue weighted by Crippen LogP contribution is 2.27. The maximum Gasteiger partial charge on any atom is 0.296 e. The summed E-state index contributed by atoms with van der Waals surface area (Å²) in [6.45, 7) is 0. The van der Waals surface area contributed by atoms with E-state index in [1.807, 2.05) is 0 Å². The topological polar surface area (TPSA) is 81.4 Å². The van der Waals surface area contributed by atoms with Gasteiger partial charge in [0.1, 0.15) is 5.75 Å². The fourth-order valence-corrected chi connectivity index (χ4v) is 1.89. The van der Waals surface area contributed by atoms with Crippen LogP contribution in [0.4, 0.5) is 5.69 Å². The smallest absolute Gasteiger partial charge is 0.296 e. The zero-order valence-corrected chi connectivity index (χ0v) is 9.72. The lowest BCUT2D eigenvalue weighted by Gasteiger charge is -2.06. The zero-order valence-electron chi connectivity index (χ0n) is 7.32.